The van der Waals surface area contributed by atoms with E-state index in [9.17, 15) is 9.90 Å². The van der Waals surface area contributed by atoms with Crippen LogP contribution in [0.1, 0.15) is 19.3 Å². The quantitative estimate of drug-likeness (QED) is 0.869. The van der Waals surface area contributed by atoms with Crippen LogP contribution in [0.2, 0.25) is 5.02 Å². The summed E-state index contributed by atoms with van der Waals surface area (Å²) in [7, 11) is 0. The van der Waals surface area contributed by atoms with Crippen molar-refractivity contribution in [2.45, 2.75) is 25.4 Å². The van der Waals surface area contributed by atoms with Gasteiger partial charge in [-0.3, -0.25) is 4.79 Å². The normalized spacial score (nSPS) is 22.2. The molecule has 0 heterocycles. The molecular formula is C14H18ClNO3. The van der Waals surface area contributed by atoms with E-state index in [-0.39, 0.29) is 18.6 Å². The largest absolute Gasteiger partial charge is 0.484 e. The number of hydrogen-bond acceptors (Lipinski definition) is 3. The van der Waals surface area contributed by atoms with E-state index in [0.29, 0.717) is 23.2 Å². The summed E-state index contributed by atoms with van der Waals surface area (Å²) in [4.78, 5) is 11.6. The van der Waals surface area contributed by atoms with E-state index >= 15 is 0 Å². The zero-order chi connectivity index (χ0) is 13.7. The minimum atomic E-state index is -0.204. The lowest BCUT2D eigenvalue weighted by atomic mass is 10.1. The average Bonchev–Trinajstić information content (AvgIpc) is 2.80. The van der Waals surface area contributed by atoms with Gasteiger partial charge in [-0.2, -0.15) is 0 Å². The van der Waals surface area contributed by atoms with Crippen LogP contribution in [0.25, 0.3) is 0 Å². The number of ether oxygens (including phenoxy) is 1. The summed E-state index contributed by atoms with van der Waals surface area (Å²) in [6.07, 6.45) is 2.37. The number of aliphatic hydroxyl groups is 1. The van der Waals surface area contributed by atoms with Crippen LogP contribution in [-0.2, 0) is 4.79 Å². The molecule has 1 aromatic carbocycles. The molecule has 0 bridgehead atoms. The highest BCUT2D eigenvalue weighted by molar-refractivity contribution is 6.30. The van der Waals surface area contributed by atoms with E-state index in [2.05, 4.69) is 5.32 Å². The van der Waals surface area contributed by atoms with Gasteiger partial charge in [0.25, 0.3) is 5.91 Å². The predicted octanol–water partition coefficient (Wildman–Crippen LogP) is 2.00. The molecule has 1 aliphatic carbocycles. The van der Waals surface area contributed by atoms with Crippen LogP contribution in [0.3, 0.4) is 0 Å². The number of halogens is 1. The molecule has 1 fully saturated rings. The minimum Gasteiger partial charge on any atom is -0.484 e. The van der Waals surface area contributed by atoms with Crippen LogP contribution in [0.15, 0.2) is 24.3 Å². The zero-order valence-electron chi connectivity index (χ0n) is 10.6. The van der Waals surface area contributed by atoms with Gasteiger partial charge >= 0.3 is 0 Å². The van der Waals surface area contributed by atoms with Gasteiger partial charge in [-0.1, -0.05) is 17.7 Å². The number of amides is 1. The SMILES string of the molecule is O=C(COc1cccc(Cl)c1)NCC1CCC(O)C1. The molecule has 1 amide bonds. The first-order chi connectivity index (χ1) is 9.13. The first-order valence-electron chi connectivity index (χ1n) is 6.46. The van der Waals surface area contributed by atoms with Crippen molar-refractivity contribution in [3.05, 3.63) is 29.3 Å². The summed E-state index contributed by atoms with van der Waals surface area (Å²) in [5.41, 5.74) is 0. The number of carbonyl (C=O) groups excluding carboxylic acids is 1. The topological polar surface area (TPSA) is 58.6 Å². The molecule has 0 aliphatic heterocycles. The average molecular weight is 284 g/mol. The highest BCUT2D eigenvalue weighted by Crippen LogP contribution is 2.24. The lowest BCUT2D eigenvalue weighted by Crippen LogP contribution is -2.32. The number of rotatable bonds is 5. The predicted molar refractivity (Wildman–Crippen MR) is 73.3 cm³/mol. The summed E-state index contributed by atoms with van der Waals surface area (Å²) in [5.74, 6) is 0.811. The molecule has 0 saturated heterocycles. The highest BCUT2D eigenvalue weighted by atomic mass is 35.5. The Bertz CT molecular complexity index is 438. The fourth-order valence-electron chi connectivity index (χ4n) is 2.25. The molecule has 2 atom stereocenters. The molecule has 19 heavy (non-hydrogen) atoms. The second-order valence-electron chi connectivity index (χ2n) is 4.88. The lowest BCUT2D eigenvalue weighted by molar-refractivity contribution is -0.123. The summed E-state index contributed by atoms with van der Waals surface area (Å²) < 4.78 is 5.34. The number of aliphatic hydroxyl groups excluding tert-OH is 1. The molecular weight excluding hydrogens is 266 g/mol. The Morgan fingerprint density at radius 1 is 1.47 bits per heavy atom. The highest BCUT2D eigenvalue weighted by Gasteiger charge is 2.22. The molecule has 0 spiro atoms. The molecule has 2 N–H and O–H groups in total. The van der Waals surface area contributed by atoms with Gasteiger partial charge in [0.1, 0.15) is 5.75 Å². The third kappa shape index (κ3) is 4.73. The Labute approximate surface area is 117 Å². The zero-order valence-corrected chi connectivity index (χ0v) is 11.4. The molecule has 1 aliphatic rings. The van der Waals surface area contributed by atoms with E-state index in [1.807, 2.05) is 0 Å². The van der Waals surface area contributed by atoms with Crippen molar-refractivity contribution >= 4 is 17.5 Å². The van der Waals surface area contributed by atoms with Gasteiger partial charge in [0.05, 0.1) is 6.10 Å². The van der Waals surface area contributed by atoms with Crippen molar-refractivity contribution in [2.24, 2.45) is 5.92 Å². The maximum absolute atomic E-state index is 11.6. The summed E-state index contributed by atoms with van der Waals surface area (Å²) >= 11 is 5.82. The van der Waals surface area contributed by atoms with Crippen LogP contribution < -0.4 is 10.1 Å². The number of nitrogens with one attached hydrogen (secondary N) is 1. The number of benzene rings is 1. The Kier molecular flexibility index (Phi) is 5.05. The van der Waals surface area contributed by atoms with Crippen molar-refractivity contribution < 1.29 is 14.6 Å². The second kappa shape index (κ2) is 6.78. The Hall–Kier alpha value is -1.26. The van der Waals surface area contributed by atoms with E-state index in [1.165, 1.54) is 0 Å². The molecule has 2 rings (SSSR count). The lowest BCUT2D eigenvalue weighted by Gasteiger charge is -2.11. The Morgan fingerprint density at radius 3 is 3.00 bits per heavy atom. The van der Waals surface area contributed by atoms with Gasteiger partial charge in [0, 0.05) is 11.6 Å². The van der Waals surface area contributed by atoms with Gasteiger partial charge in [0.15, 0.2) is 6.61 Å². The van der Waals surface area contributed by atoms with Crippen molar-refractivity contribution in [2.75, 3.05) is 13.2 Å². The van der Waals surface area contributed by atoms with Gasteiger partial charge < -0.3 is 15.2 Å². The van der Waals surface area contributed by atoms with Gasteiger partial charge in [-0.05, 0) is 43.4 Å². The maximum Gasteiger partial charge on any atom is 0.257 e. The van der Waals surface area contributed by atoms with Crippen molar-refractivity contribution in [1.29, 1.82) is 0 Å². The van der Waals surface area contributed by atoms with E-state index in [0.717, 1.165) is 19.3 Å². The third-order valence-corrected chi connectivity index (χ3v) is 3.50. The minimum absolute atomic E-state index is 0.0182. The Balaban J connectivity index is 1.67. The van der Waals surface area contributed by atoms with Crippen LogP contribution in [-0.4, -0.2) is 30.3 Å². The van der Waals surface area contributed by atoms with E-state index < -0.39 is 0 Å². The van der Waals surface area contributed by atoms with Gasteiger partial charge in [-0.25, -0.2) is 0 Å². The van der Waals surface area contributed by atoms with Gasteiger partial charge in [-0.15, -0.1) is 0 Å². The van der Waals surface area contributed by atoms with Crippen LogP contribution >= 0.6 is 11.6 Å². The monoisotopic (exact) mass is 283 g/mol. The summed E-state index contributed by atoms with van der Waals surface area (Å²) in [6.45, 7) is 0.588. The Morgan fingerprint density at radius 2 is 2.32 bits per heavy atom. The molecule has 0 radical (unpaired) electrons. The van der Waals surface area contributed by atoms with Crippen LogP contribution in [0, 0.1) is 5.92 Å². The standard InChI is InChI=1S/C14H18ClNO3/c15-11-2-1-3-13(7-11)19-9-14(18)16-8-10-4-5-12(17)6-10/h1-3,7,10,12,17H,4-6,8-9H2,(H,16,18). The van der Waals surface area contributed by atoms with E-state index in [4.69, 9.17) is 16.3 Å². The van der Waals surface area contributed by atoms with Crippen molar-refractivity contribution in [1.82, 2.24) is 5.32 Å². The first kappa shape index (κ1) is 14.2. The summed E-state index contributed by atoms with van der Waals surface area (Å²) in [6, 6.07) is 6.95. The molecule has 1 saturated carbocycles. The maximum atomic E-state index is 11.6. The van der Waals surface area contributed by atoms with Crippen LogP contribution in [0.4, 0.5) is 0 Å². The smallest absolute Gasteiger partial charge is 0.257 e. The van der Waals surface area contributed by atoms with Crippen molar-refractivity contribution in [3.63, 3.8) is 0 Å². The number of carbonyl (C=O) groups is 1. The number of hydrogen-bond donors (Lipinski definition) is 2. The second-order valence-corrected chi connectivity index (χ2v) is 5.32. The van der Waals surface area contributed by atoms with E-state index in [1.54, 1.807) is 24.3 Å². The van der Waals surface area contributed by atoms with Crippen LogP contribution in [0.5, 0.6) is 5.75 Å². The molecule has 2 unspecified atom stereocenters. The molecule has 1 aromatic rings. The molecule has 104 valence electrons. The molecule has 0 aromatic heterocycles. The molecule has 4 nitrogen and oxygen atoms in total. The third-order valence-electron chi connectivity index (χ3n) is 3.27. The fraction of sp³-hybridized carbons (Fsp3) is 0.500. The fourth-order valence-corrected chi connectivity index (χ4v) is 2.43. The first-order valence-corrected chi connectivity index (χ1v) is 6.84. The van der Waals surface area contributed by atoms with Gasteiger partial charge in [0.2, 0.25) is 0 Å². The van der Waals surface area contributed by atoms with Crippen molar-refractivity contribution in [3.8, 4) is 5.75 Å². The molecule has 5 heteroatoms. The summed E-state index contributed by atoms with van der Waals surface area (Å²) in [5, 5.41) is 12.8.